The Balaban J connectivity index is 1.34. The van der Waals surface area contributed by atoms with Gasteiger partial charge in [-0.1, -0.05) is 54.2 Å². The lowest BCUT2D eigenvalue weighted by Crippen LogP contribution is -2.63. The van der Waals surface area contributed by atoms with E-state index in [9.17, 15) is 24.6 Å². The van der Waals surface area contributed by atoms with Gasteiger partial charge in [0.05, 0.1) is 60.3 Å². The zero-order valence-corrected chi connectivity index (χ0v) is 38.9. The summed E-state index contributed by atoms with van der Waals surface area (Å²) < 4.78 is 45.3. The number of hydrogen-bond acceptors (Lipinski definition) is 14. The molecule has 5 heterocycles. The third kappa shape index (κ3) is 11.1. The summed E-state index contributed by atoms with van der Waals surface area (Å²) in [5.41, 5.74) is 5.81. The van der Waals surface area contributed by atoms with E-state index in [-0.39, 0.29) is 42.4 Å². The minimum atomic E-state index is -1.41. The zero-order valence-electron chi connectivity index (χ0n) is 38.9. The fourth-order valence-electron chi connectivity index (χ4n) is 10.5. The van der Waals surface area contributed by atoms with Crippen molar-refractivity contribution < 1.29 is 57.8 Å². The average Bonchev–Trinajstić information content (AvgIpc) is 3.67. The van der Waals surface area contributed by atoms with Gasteiger partial charge in [0.25, 0.3) is 0 Å². The van der Waals surface area contributed by atoms with Crippen LogP contribution in [0.3, 0.4) is 0 Å². The number of likely N-dealkylation sites (N-methyl/N-ethyl adjacent to an activating group) is 1. The summed E-state index contributed by atoms with van der Waals surface area (Å²) in [4.78, 5) is 42.6. The van der Waals surface area contributed by atoms with E-state index in [0.717, 1.165) is 6.42 Å². The maximum atomic E-state index is 14.6. The molecule has 0 aromatic carbocycles. The number of aliphatic hydroxyl groups is 2. The van der Waals surface area contributed by atoms with Crippen LogP contribution in [0.2, 0.25) is 0 Å². The number of nitrogens with one attached hydrogen (secondary N) is 1. The van der Waals surface area contributed by atoms with Crippen molar-refractivity contribution in [1.29, 1.82) is 0 Å². The molecule has 1 amide bonds. The minimum absolute atomic E-state index is 0.0483. The van der Waals surface area contributed by atoms with Crippen molar-refractivity contribution in [3.8, 4) is 0 Å². The lowest BCUT2D eigenvalue weighted by atomic mass is 9.73. The largest absolute Gasteiger partial charge is 0.461 e. The molecule has 5 rings (SSSR count). The average molecular weight is 878 g/mol. The van der Waals surface area contributed by atoms with Crippen LogP contribution in [-0.4, -0.2) is 139 Å². The molecule has 354 valence electrons. The molecular weight excluding hydrogens is 799 g/mol. The standard InChI is InChI=1S/C47H79N3O12/c1-11-26-56-43(53)32(12-2)34-16-15-17-37(58-34)39(48)41(52)30(7)40(51)33(13-3)42-28(5)27-29(6)46(61-42)23-20-38(59-44(54)49-24-25-50(9)10)47(62-46)22-19-36(60-47)35-18-21-45(55,14-4)31(8)57-35/h11,20,23,28-39,41-42,52,55H,1,12-19,21-22,24-27,48H2,2-10H3,(H,49,54). The van der Waals surface area contributed by atoms with Gasteiger partial charge in [0.2, 0.25) is 5.79 Å². The van der Waals surface area contributed by atoms with Crippen molar-refractivity contribution in [2.75, 3.05) is 33.8 Å². The first-order valence-electron chi connectivity index (χ1n) is 23.5. The molecule has 17 unspecified atom stereocenters. The third-order valence-corrected chi connectivity index (χ3v) is 14.6. The molecule has 0 aromatic rings. The number of ketones is 1. The van der Waals surface area contributed by atoms with Crippen LogP contribution in [0, 0.1) is 29.6 Å². The molecule has 0 aliphatic carbocycles. The summed E-state index contributed by atoms with van der Waals surface area (Å²) in [6.07, 6.45) is 6.18. The third-order valence-electron chi connectivity index (χ3n) is 14.6. The van der Waals surface area contributed by atoms with Gasteiger partial charge in [-0.15, -0.1) is 0 Å². The van der Waals surface area contributed by atoms with Gasteiger partial charge < -0.3 is 59.3 Å². The number of nitrogens with zero attached hydrogens (tertiary/aromatic N) is 1. The van der Waals surface area contributed by atoms with E-state index < -0.39 is 83.7 Å². The van der Waals surface area contributed by atoms with E-state index in [1.165, 1.54) is 6.08 Å². The highest BCUT2D eigenvalue weighted by molar-refractivity contribution is 5.84. The summed E-state index contributed by atoms with van der Waals surface area (Å²) >= 11 is 0. The highest BCUT2D eigenvalue weighted by Gasteiger charge is 2.61. The molecule has 5 aliphatic rings. The lowest BCUT2D eigenvalue weighted by Gasteiger charge is -2.54. The van der Waals surface area contributed by atoms with Crippen LogP contribution < -0.4 is 11.1 Å². The van der Waals surface area contributed by atoms with E-state index in [2.05, 4.69) is 25.7 Å². The quantitative estimate of drug-likeness (QED) is 0.104. The molecule has 0 aromatic heterocycles. The van der Waals surface area contributed by atoms with Crippen LogP contribution >= 0.6 is 0 Å². The van der Waals surface area contributed by atoms with Crippen molar-refractivity contribution >= 4 is 17.8 Å². The number of esters is 1. The lowest BCUT2D eigenvalue weighted by molar-refractivity contribution is -0.400. The first-order chi connectivity index (χ1) is 29.4. The molecule has 2 spiro atoms. The normalized spacial score (nSPS) is 38.6. The fraction of sp³-hybridized carbons (Fsp3) is 0.851. The number of carbonyl (C=O) groups excluding carboxylic acids is 3. The van der Waals surface area contributed by atoms with E-state index in [1.54, 1.807) is 13.0 Å². The smallest absolute Gasteiger partial charge is 0.407 e. The van der Waals surface area contributed by atoms with E-state index in [0.29, 0.717) is 77.3 Å². The van der Waals surface area contributed by atoms with Crippen molar-refractivity contribution in [2.45, 2.75) is 191 Å². The topological polar surface area (TPSA) is 198 Å². The van der Waals surface area contributed by atoms with Crippen LogP contribution in [0.4, 0.5) is 4.79 Å². The molecule has 17 atom stereocenters. The molecule has 0 bridgehead atoms. The van der Waals surface area contributed by atoms with Crippen LogP contribution in [-0.2, 0) is 42.7 Å². The SMILES string of the molecule is C=CCOC(=O)C(CC)C1CCCC(C(N)C(O)C(C)C(=O)C(CC)C2OC3(C=CC(OC(=O)NCCN(C)C)C4(CCC(C5CCC(O)(CC)C(C)O5)O4)O3)C(C)CC2C)O1. The number of alkyl carbamates (subject to hydrolysis) is 1. The number of amides is 1. The molecule has 0 saturated carbocycles. The number of ether oxygens (including phenoxy) is 7. The van der Waals surface area contributed by atoms with Crippen molar-refractivity contribution in [3.63, 3.8) is 0 Å². The molecule has 15 heteroatoms. The van der Waals surface area contributed by atoms with Crippen LogP contribution in [0.1, 0.15) is 119 Å². The number of Topliss-reactive ketones (excluding diaryl/α,β-unsaturated/α-hetero) is 1. The number of rotatable bonds is 18. The Morgan fingerprint density at radius 3 is 2.34 bits per heavy atom. The molecule has 4 fully saturated rings. The Morgan fingerprint density at radius 1 is 1.00 bits per heavy atom. The Labute approximate surface area is 370 Å². The summed E-state index contributed by atoms with van der Waals surface area (Å²) in [7, 11) is 3.85. The fourth-order valence-corrected chi connectivity index (χ4v) is 10.5. The van der Waals surface area contributed by atoms with Crippen LogP contribution in [0.5, 0.6) is 0 Å². The number of nitrogens with two attached hydrogens (primary N) is 1. The van der Waals surface area contributed by atoms with Crippen LogP contribution in [0.15, 0.2) is 24.8 Å². The first-order valence-corrected chi connectivity index (χ1v) is 23.5. The number of hydrogen-bond donors (Lipinski definition) is 4. The molecule has 0 radical (unpaired) electrons. The minimum Gasteiger partial charge on any atom is -0.461 e. The second kappa shape index (κ2) is 21.7. The summed E-state index contributed by atoms with van der Waals surface area (Å²) in [5.74, 6) is -5.39. The number of aliphatic hydroxyl groups excluding tert-OH is 1. The van der Waals surface area contributed by atoms with Crippen molar-refractivity contribution in [2.24, 2.45) is 35.3 Å². The number of carbonyl (C=O) groups is 3. The monoisotopic (exact) mass is 878 g/mol. The Hall–Kier alpha value is -2.47. The summed E-state index contributed by atoms with van der Waals surface area (Å²) in [5, 5.41) is 25.7. The molecule has 15 nitrogen and oxygen atoms in total. The maximum Gasteiger partial charge on any atom is 0.407 e. The van der Waals surface area contributed by atoms with Gasteiger partial charge in [-0.05, 0) is 103 Å². The van der Waals surface area contributed by atoms with Gasteiger partial charge in [-0.2, -0.15) is 0 Å². The molecular formula is C47H79N3O12. The second-order valence-electron chi connectivity index (χ2n) is 19.1. The Kier molecular flexibility index (Phi) is 17.7. The van der Waals surface area contributed by atoms with E-state index in [1.807, 2.05) is 52.8 Å². The highest BCUT2D eigenvalue weighted by atomic mass is 16.8. The van der Waals surface area contributed by atoms with E-state index in [4.69, 9.17) is 38.9 Å². The van der Waals surface area contributed by atoms with E-state index >= 15 is 0 Å². The van der Waals surface area contributed by atoms with Gasteiger partial charge in [0.1, 0.15) is 12.4 Å². The first kappa shape index (κ1) is 50.5. The predicted octanol–water partition coefficient (Wildman–Crippen LogP) is 5.18. The van der Waals surface area contributed by atoms with Gasteiger partial charge in [-0.3, -0.25) is 9.59 Å². The van der Waals surface area contributed by atoms with Crippen molar-refractivity contribution in [3.05, 3.63) is 24.8 Å². The van der Waals surface area contributed by atoms with Crippen LogP contribution in [0.25, 0.3) is 0 Å². The van der Waals surface area contributed by atoms with Gasteiger partial charge in [0.15, 0.2) is 11.9 Å². The maximum absolute atomic E-state index is 14.6. The van der Waals surface area contributed by atoms with Gasteiger partial charge in [-0.25, -0.2) is 4.79 Å². The van der Waals surface area contributed by atoms with Crippen molar-refractivity contribution in [1.82, 2.24) is 10.2 Å². The highest BCUT2D eigenvalue weighted by Crippen LogP contribution is 2.52. The second-order valence-corrected chi connectivity index (χ2v) is 19.1. The summed E-state index contributed by atoms with van der Waals surface area (Å²) in [6, 6.07) is -0.868. The molecule has 4 saturated heterocycles. The van der Waals surface area contributed by atoms with Gasteiger partial charge >= 0.3 is 12.1 Å². The molecule has 62 heavy (non-hydrogen) atoms. The predicted molar refractivity (Wildman–Crippen MR) is 233 cm³/mol. The zero-order chi connectivity index (χ0) is 45.6. The Bertz CT molecular complexity index is 1550. The van der Waals surface area contributed by atoms with Gasteiger partial charge in [0, 0.05) is 37.3 Å². The molecule has 5 N–H and O–H groups in total. The summed E-state index contributed by atoms with van der Waals surface area (Å²) in [6.45, 7) is 18.3. The molecule has 5 aliphatic heterocycles. The Morgan fingerprint density at radius 2 is 1.69 bits per heavy atom.